The fraction of sp³-hybridized carbons (Fsp3) is 0.417. The van der Waals surface area contributed by atoms with Gasteiger partial charge in [0.05, 0.1) is 12.2 Å². The molecule has 1 amide bonds. The number of carbonyl (C=O) groups excluding carboxylic acids is 1. The minimum Gasteiger partial charge on any atom is -0.466 e. The van der Waals surface area contributed by atoms with Crippen LogP contribution in [0.25, 0.3) is 0 Å². The SMILES string of the molecule is CCCCN(CC)C(NC(=O)C(C)c1ccc(Nc2nc(C(F)(F)F)cs2)cc1)c1ccco1. The van der Waals surface area contributed by atoms with E-state index in [9.17, 15) is 18.0 Å². The first-order valence-electron chi connectivity index (χ1n) is 11.2. The maximum absolute atomic E-state index is 13.1. The van der Waals surface area contributed by atoms with Gasteiger partial charge in [0.25, 0.3) is 0 Å². The second kappa shape index (κ2) is 11.5. The first-order chi connectivity index (χ1) is 16.2. The summed E-state index contributed by atoms with van der Waals surface area (Å²) in [5, 5.41) is 7.11. The Morgan fingerprint density at radius 1 is 1.21 bits per heavy atom. The van der Waals surface area contributed by atoms with Crippen LogP contribution in [-0.2, 0) is 11.0 Å². The molecule has 3 rings (SSSR count). The molecule has 6 nitrogen and oxygen atoms in total. The van der Waals surface area contributed by atoms with E-state index in [0.717, 1.165) is 48.2 Å². The molecule has 0 aliphatic carbocycles. The molecule has 0 saturated carbocycles. The number of alkyl halides is 3. The number of carbonyl (C=O) groups is 1. The Labute approximate surface area is 201 Å². The zero-order valence-electron chi connectivity index (χ0n) is 19.4. The van der Waals surface area contributed by atoms with Gasteiger partial charge in [-0.1, -0.05) is 32.4 Å². The van der Waals surface area contributed by atoms with E-state index in [1.54, 1.807) is 36.6 Å². The largest absolute Gasteiger partial charge is 0.466 e. The molecular formula is C24H29F3N4O2S. The summed E-state index contributed by atoms with van der Waals surface area (Å²) in [7, 11) is 0. The summed E-state index contributed by atoms with van der Waals surface area (Å²) < 4.78 is 43.8. The highest BCUT2D eigenvalue weighted by molar-refractivity contribution is 7.13. The third kappa shape index (κ3) is 6.60. The van der Waals surface area contributed by atoms with Crippen molar-refractivity contribution in [3.05, 3.63) is 65.1 Å². The Balaban J connectivity index is 1.67. The first-order valence-corrected chi connectivity index (χ1v) is 12.1. The van der Waals surface area contributed by atoms with Crippen molar-refractivity contribution in [3.63, 3.8) is 0 Å². The maximum Gasteiger partial charge on any atom is 0.434 e. The first kappa shape index (κ1) is 25.8. The van der Waals surface area contributed by atoms with E-state index < -0.39 is 17.8 Å². The molecule has 2 unspecified atom stereocenters. The van der Waals surface area contributed by atoms with Crippen molar-refractivity contribution in [3.8, 4) is 0 Å². The summed E-state index contributed by atoms with van der Waals surface area (Å²) in [6, 6.07) is 10.7. The molecule has 3 aromatic rings. The molecule has 0 aliphatic rings. The number of furan rings is 1. The van der Waals surface area contributed by atoms with Crippen LogP contribution in [0, 0.1) is 0 Å². The Kier molecular flexibility index (Phi) is 8.73. The fourth-order valence-corrected chi connectivity index (χ4v) is 4.21. The van der Waals surface area contributed by atoms with Gasteiger partial charge >= 0.3 is 6.18 Å². The summed E-state index contributed by atoms with van der Waals surface area (Å²) in [6.07, 6.45) is -1.19. The average Bonchev–Trinajstić information content (AvgIpc) is 3.51. The molecule has 0 saturated heterocycles. The molecule has 0 radical (unpaired) electrons. The van der Waals surface area contributed by atoms with Gasteiger partial charge in [0.15, 0.2) is 10.8 Å². The molecule has 2 N–H and O–H groups in total. The predicted octanol–water partition coefficient (Wildman–Crippen LogP) is 6.54. The third-order valence-electron chi connectivity index (χ3n) is 5.51. The van der Waals surface area contributed by atoms with E-state index in [-0.39, 0.29) is 17.2 Å². The number of unbranched alkanes of at least 4 members (excludes halogenated alkanes) is 1. The normalized spacial score (nSPS) is 13.6. The Morgan fingerprint density at radius 2 is 1.94 bits per heavy atom. The number of aromatic nitrogens is 1. The summed E-state index contributed by atoms with van der Waals surface area (Å²) >= 11 is 0.883. The van der Waals surface area contributed by atoms with Crippen LogP contribution >= 0.6 is 11.3 Å². The van der Waals surface area contributed by atoms with Crippen molar-refractivity contribution in [2.45, 2.75) is 51.9 Å². The van der Waals surface area contributed by atoms with Crippen LogP contribution in [0.1, 0.15) is 62.7 Å². The Morgan fingerprint density at radius 3 is 2.50 bits per heavy atom. The smallest absolute Gasteiger partial charge is 0.434 e. The Hall–Kier alpha value is -2.85. The van der Waals surface area contributed by atoms with Crippen LogP contribution < -0.4 is 10.6 Å². The van der Waals surface area contributed by atoms with Crippen LogP contribution in [0.2, 0.25) is 0 Å². The summed E-state index contributed by atoms with van der Waals surface area (Å²) in [6.45, 7) is 7.58. The van der Waals surface area contributed by atoms with E-state index in [0.29, 0.717) is 11.4 Å². The lowest BCUT2D eigenvalue weighted by Gasteiger charge is -2.30. The molecule has 34 heavy (non-hydrogen) atoms. The minimum atomic E-state index is -4.47. The van der Waals surface area contributed by atoms with E-state index in [1.807, 2.05) is 19.9 Å². The third-order valence-corrected chi connectivity index (χ3v) is 6.27. The molecule has 2 aromatic heterocycles. The lowest BCUT2D eigenvalue weighted by atomic mass is 10.00. The minimum absolute atomic E-state index is 0.146. The van der Waals surface area contributed by atoms with Gasteiger partial charge in [0.1, 0.15) is 11.9 Å². The van der Waals surface area contributed by atoms with Gasteiger partial charge in [-0.15, -0.1) is 11.3 Å². The average molecular weight is 495 g/mol. The van der Waals surface area contributed by atoms with Crippen LogP contribution in [0.5, 0.6) is 0 Å². The lowest BCUT2D eigenvalue weighted by molar-refractivity contribution is -0.140. The molecule has 2 atom stereocenters. The van der Waals surface area contributed by atoms with Crippen molar-refractivity contribution in [2.75, 3.05) is 18.4 Å². The number of hydrogen-bond donors (Lipinski definition) is 2. The van der Waals surface area contributed by atoms with Gasteiger partial charge in [-0.2, -0.15) is 13.2 Å². The number of thiazole rings is 1. The van der Waals surface area contributed by atoms with Gasteiger partial charge in [0, 0.05) is 17.6 Å². The number of halogens is 3. The van der Waals surface area contributed by atoms with E-state index in [4.69, 9.17) is 4.42 Å². The number of nitrogens with one attached hydrogen (secondary N) is 2. The number of amides is 1. The van der Waals surface area contributed by atoms with Crippen molar-refractivity contribution in [1.29, 1.82) is 0 Å². The zero-order chi connectivity index (χ0) is 24.7. The summed E-state index contributed by atoms with van der Waals surface area (Å²) in [4.78, 5) is 18.8. The number of hydrogen-bond acceptors (Lipinski definition) is 6. The maximum atomic E-state index is 13.1. The van der Waals surface area contributed by atoms with Crippen LogP contribution in [0.15, 0.2) is 52.5 Å². The fourth-order valence-electron chi connectivity index (χ4n) is 3.47. The van der Waals surface area contributed by atoms with Crippen molar-refractivity contribution < 1.29 is 22.4 Å². The predicted molar refractivity (Wildman–Crippen MR) is 127 cm³/mol. The van der Waals surface area contributed by atoms with Crippen LogP contribution in [0.3, 0.4) is 0 Å². The highest BCUT2D eigenvalue weighted by Gasteiger charge is 2.33. The van der Waals surface area contributed by atoms with Gasteiger partial charge in [-0.05, 0) is 49.7 Å². The molecule has 0 bridgehead atoms. The van der Waals surface area contributed by atoms with Crippen molar-refractivity contribution in [2.24, 2.45) is 0 Å². The quantitative estimate of drug-likeness (QED) is 0.296. The molecule has 2 heterocycles. The number of rotatable bonds is 11. The zero-order valence-corrected chi connectivity index (χ0v) is 20.2. The van der Waals surface area contributed by atoms with E-state index in [1.165, 1.54) is 0 Å². The van der Waals surface area contributed by atoms with Crippen molar-refractivity contribution in [1.82, 2.24) is 15.2 Å². The topological polar surface area (TPSA) is 70.4 Å². The molecule has 0 spiro atoms. The molecule has 10 heteroatoms. The standard InChI is InChI=1S/C24H29F3N4O2S/c1-4-6-13-31(5-2)21(19-8-7-14-33-19)30-22(32)16(3)17-9-11-18(12-10-17)28-23-29-20(15-34-23)24(25,26)27/h7-12,14-16,21H,4-6,13H2,1-3H3,(H,28,29)(H,30,32). The Bertz CT molecular complexity index is 1040. The number of nitrogens with zero attached hydrogens (tertiary/aromatic N) is 2. The molecule has 1 aromatic carbocycles. The van der Waals surface area contributed by atoms with Gasteiger partial charge in [-0.3, -0.25) is 9.69 Å². The van der Waals surface area contributed by atoms with Crippen molar-refractivity contribution >= 4 is 28.1 Å². The highest BCUT2D eigenvalue weighted by atomic mass is 32.1. The van der Waals surface area contributed by atoms with Crippen LogP contribution in [0.4, 0.5) is 24.0 Å². The highest BCUT2D eigenvalue weighted by Crippen LogP contribution is 2.33. The van der Waals surface area contributed by atoms with Gasteiger partial charge in [-0.25, -0.2) is 4.98 Å². The van der Waals surface area contributed by atoms with E-state index in [2.05, 4.69) is 27.4 Å². The second-order valence-electron chi connectivity index (χ2n) is 7.91. The number of benzene rings is 1. The summed E-state index contributed by atoms with van der Waals surface area (Å²) in [5.41, 5.74) is 0.450. The van der Waals surface area contributed by atoms with E-state index >= 15 is 0 Å². The van der Waals surface area contributed by atoms with Gasteiger partial charge < -0.3 is 15.1 Å². The van der Waals surface area contributed by atoms with Crippen LogP contribution in [-0.4, -0.2) is 28.9 Å². The second-order valence-corrected chi connectivity index (χ2v) is 8.77. The molecule has 0 fully saturated rings. The monoisotopic (exact) mass is 494 g/mol. The number of anilines is 2. The summed E-state index contributed by atoms with van der Waals surface area (Å²) in [5.74, 6) is 0.0969. The molecule has 184 valence electrons. The van der Waals surface area contributed by atoms with Gasteiger partial charge in [0.2, 0.25) is 5.91 Å². The molecule has 0 aliphatic heterocycles. The lowest BCUT2D eigenvalue weighted by Crippen LogP contribution is -2.43. The molecular weight excluding hydrogens is 465 g/mol.